The second kappa shape index (κ2) is 6.41. The van der Waals surface area contributed by atoms with Gasteiger partial charge in [0.15, 0.2) is 0 Å². The number of anilines is 1. The standard InChI is InChI=1S/C17H22BrNOS/c1-11-14(18)9-13(21-11)10-19-15-8-12(17(2,3)4)6-7-16(15)20-5/h6-9,19H,10H2,1-5H3. The summed E-state index contributed by atoms with van der Waals surface area (Å²) in [5.74, 6) is 0.885. The minimum Gasteiger partial charge on any atom is -0.495 e. The molecule has 1 heterocycles. The molecule has 0 saturated carbocycles. The van der Waals surface area contributed by atoms with Crippen molar-refractivity contribution in [3.05, 3.63) is 44.1 Å². The van der Waals surface area contributed by atoms with E-state index in [0.717, 1.165) is 18.0 Å². The molecular formula is C17H22BrNOS. The third kappa shape index (κ3) is 4.01. The van der Waals surface area contributed by atoms with Crippen molar-refractivity contribution in [3.8, 4) is 5.75 Å². The van der Waals surface area contributed by atoms with Crippen LogP contribution in [0.5, 0.6) is 5.75 Å². The predicted octanol–water partition coefficient (Wildman–Crippen LogP) is 5.74. The van der Waals surface area contributed by atoms with Gasteiger partial charge in [-0.3, -0.25) is 0 Å². The van der Waals surface area contributed by atoms with Gasteiger partial charge in [-0.1, -0.05) is 26.8 Å². The van der Waals surface area contributed by atoms with E-state index in [0.29, 0.717) is 0 Å². The van der Waals surface area contributed by atoms with Crippen molar-refractivity contribution in [2.75, 3.05) is 12.4 Å². The first-order valence-corrected chi connectivity index (χ1v) is 8.59. The Bertz CT molecular complexity index is 609. The van der Waals surface area contributed by atoms with E-state index in [4.69, 9.17) is 4.74 Å². The van der Waals surface area contributed by atoms with Gasteiger partial charge in [0.2, 0.25) is 0 Å². The molecule has 0 aliphatic carbocycles. The number of halogens is 1. The molecule has 0 aliphatic rings. The van der Waals surface area contributed by atoms with Crippen molar-refractivity contribution in [1.29, 1.82) is 0 Å². The molecule has 2 nitrogen and oxygen atoms in total. The Kier molecular flexibility index (Phi) is 4.99. The first kappa shape index (κ1) is 16.4. The highest BCUT2D eigenvalue weighted by Crippen LogP contribution is 2.33. The molecular weight excluding hydrogens is 346 g/mol. The summed E-state index contributed by atoms with van der Waals surface area (Å²) in [5, 5.41) is 3.50. The summed E-state index contributed by atoms with van der Waals surface area (Å²) in [5.41, 5.74) is 2.48. The highest BCUT2D eigenvalue weighted by molar-refractivity contribution is 9.10. The number of hydrogen-bond acceptors (Lipinski definition) is 3. The van der Waals surface area contributed by atoms with Crippen molar-refractivity contribution in [3.63, 3.8) is 0 Å². The Morgan fingerprint density at radius 3 is 2.48 bits per heavy atom. The smallest absolute Gasteiger partial charge is 0.141 e. The summed E-state index contributed by atoms with van der Waals surface area (Å²) >= 11 is 5.37. The Labute approximate surface area is 139 Å². The van der Waals surface area contributed by atoms with E-state index < -0.39 is 0 Å². The van der Waals surface area contributed by atoms with Gasteiger partial charge in [0.05, 0.1) is 12.8 Å². The maximum Gasteiger partial charge on any atom is 0.141 e. The van der Waals surface area contributed by atoms with Crippen molar-refractivity contribution in [2.45, 2.75) is 39.7 Å². The van der Waals surface area contributed by atoms with E-state index in [-0.39, 0.29) is 5.41 Å². The molecule has 0 saturated heterocycles. The maximum absolute atomic E-state index is 5.46. The molecule has 0 spiro atoms. The maximum atomic E-state index is 5.46. The Hall–Kier alpha value is -1.000. The van der Waals surface area contributed by atoms with Crippen LogP contribution in [0.15, 0.2) is 28.7 Å². The SMILES string of the molecule is COc1ccc(C(C)(C)C)cc1NCc1cc(Br)c(C)s1. The van der Waals surface area contributed by atoms with Crippen molar-refractivity contribution >= 4 is 33.0 Å². The molecule has 0 amide bonds. The van der Waals surface area contributed by atoms with Gasteiger partial charge < -0.3 is 10.1 Å². The van der Waals surface area contributed by atoms with Crippen molar-refractivity contribution in [2.24, 2.45) is 0 Å². The molecule has 2 rings (SSSR count). The van der Waals surface area contributed by atoms with Crippen LogP contribution in [-0.4, -0.2) is 7.11 Å². The fourth-order valence-corrected chi connectivity index (χ4v) is 3.64. The molecule has 114 valence electrons. The molecule has 0 radical (unpaired) electrons. The van der Waals surface area contributed by atoms with Gasteiger partial charge in [0, 0.05) is 20.8 Å². The zero-order chi connectivity index (χ0) is 15.6. The molecule has 21 heavy (non-hydrogen) atoms. The van der Waals surface area contributed by atoms with Gasteiger partial charge in [-0.25, -0.2) is 0 Å². The quantitative estimate of drug-likeness (QED) is 0.743. The molecule has 0 fully saturated rings. The number of ether oxygens (including phenoxy) is 1. The average Bonchev–Trinajstić information content (AvgIpc) is 2.74. The monoisotopic (exact) mass is 367 g/mol. The minimum absolute atomic E-state index is 0.130. The van der Waals surface area contributed by atoms with Gasteiger partial charge in [0.1, 0.15) is 5.75 Å². The summed E-state index contributed by atoms with van der Waals surface area (Å²) in [4.78, 5) is 2.62. The van der Waals surface area contributed by atoms with Gasteiger partial charge >= 0.3 is 0 Å². The highest BCUT2D eigenvalue weighted by Gasteiger charge is 2.16. The molecule has 0 atom stereocenters. The molecule has 4 heteroatoms. The van der Waals surface area contributed by atoms with Gasteiger partial charge in [-0.15, -0.1) is 11.3 Å². The van der Waals surface area contributed by atoms with Crippen LogP contribution in [0.2, 0.25) is 0 Å². The van der Waals surface area contributed by atoms with Crippen LogP contribution in [0.1, 0.15) is 36.1 Å². The third-order valence-corrected chi connectivity index (χ3v) is 5.56. The Morgan fingerprint density at radius 2 is 1.95 bits per heavy atom. The number of hydrogen-bond donors (Lipinski definition) is 1. The molecule has 1 aromatic heterocycles. The van der Waals surface area contributed by atoms with E-state index in [1.807, 2.05) is 6.07 Å². The molecule has 0 bridgehead atoms. The van der Waals surface area contributed by atoms with E-state index in [2.05, 4.69) is 67.1 Å². The number of thiophene rings is 1. The lowest BCUT2D eigenvalue weighted by Gasteiger charge is -2.21. The summed E-state index contributed by atoms with van der Waals surface area (Å²) in [7, 11) is 1.71. The van der Waals surface area contributed by atoms with Gasteiger partial charge in [-0.05, 0) is 52.0 Å². The molecule has 1 N–H and O–H groups in total. The van der Waals surface area contributed by atoms with E-state index in [9.17, 15) is 0 Å². The highest BCUT2D eigenvalue weighted by atomic mass is 79.9. The fraction of sp³-hybridized carbons (Fsp3) is 0.412. The van der Waals surface area contributed by atoms with Crippen LogP contribution in [0.25, 0.3) is 0 Å². The third-order valence-electron chi connectivity index (χ3n) is 3.43. The average molecular weight is 368 g/mol. The normalized spacial score (nSPS) is 11.5. The summed E-state index contributed by atoms with van der Waals surface area (Å²) in [6.45, 7) is 9.59. The minimum atomic E-state index is 0.130. The number of methoxy groups -OCH3 is 1. The van der Waals surface area contributed by atoms with Crippen LogP contribution in [0.3, 0.4) is 0 Å². The van der Waals surface area contributed by atoms with Gasteiger partial charge in [0.25, 0.3) is 0 Å². The van der Waals surface area contributed by atoms with Crippen LogP contribution in [0.4, 0.5) is 5.69 Å². The van der Waals surface area contributed by atoms with Crippen LogP contribution >= 0.6 is 27.3 Å². The molecule has 0 unspecified atom stereocenters. The zero-order valence-corrected chi connectivity index (χ0v) is 15.6. The second-order valence-corrected chi connectivity index (χ2v) is 8.33. The lowest BCUT2D eigenvalue weighted by atomic mass is 9.87. The first-order chi connectivity index (χ1) is 9.81. The predicted molar refractivity (Wildman–Crippen MR) is 95.8 cm³/mol. The number of aryl methyl sites for hydroxylation is 1. The Morgan fingerprint density at radius 1 is 1.24 bits per heavy atom. The molecule has 2 aromatic rings. The van der Waals surface area contributed by atoms with E-state index in [1.165, 1.54) is 19.8 Å². The first-order valence-electron chi connectivity index (χ1n) is 6.98. The second-order valence-electron chi connectivity index (χ2n) is 6.14. The summed E-state index contributed by atoms with van der Waals surface area (Å²) in [6.07, 6.45) is 0. The summed E-state index contributed by atoms with van der Waals surface area (Å²) < 4.78 is 6.64. The van der Waals surface area contributed by atoms with Crippen LogP contribution in [-0.2, 0) is 12.0 Å². The number of benzene rings is 1. The van der Waals surface area contributed by atoms with Crippen LogP contribution in [0, 0.1) is 6.92 Å². The zero-order valence-electron chi connectivity index (χ0n) is 13.2. The molecule has 0 aliphatic heterocycles. The van der Waals surface area contributed by atoms with Gasteiger partial charge in [-0.2, -0.15) is 0 Å². The van der Waals surface area contributed by atoms with E-state index >= 15 is 0 Å². The topological polar surface area (TPSA) is 21.3 Å². The number of rotatable bonds is 4. The number of nitrogens with one attached hydrogen (secondary N) is 1. The van der Waals surface area contributed by atoms with Crippen LogP contribution < -0.4 is 10.1 Å². The van der Waals surface area contributed by atoms with Crippen molar-refractivity contribution < 1.29 is 4.74 Å². The fourth-order valence-electron chi connectivity index (χ4n) is 2.10. The largest absolute Gasteiger partial charge is 0.495 e. The Balaban J connectivity index is 2.21. The summed E-state index contributed by atoms with van der Waals surface area (Å²) in [6, 6.07) is 8.54. The van der Waals surface area contributed by atoms with Crippen molar-refractivity contribution in [1.82, 2.24) is 0 Å². The lowest BCUT2D eigenvalue weighted by molar-refractivity contribution is 0.416. The molecule has 1 aromatic carbocycles. The lowest BCUT2D eigenvalue weighted by Crippen LogP contribution is -2.12. The van der Waals surface area contributed by atoms with E-state index in [1.54, 1.807) is 18.4 Å².